The topological polar surface area (TPSA) is 6.48 Å². The summed E-state index contributed by atoms with van der Waals surface area (Å²) in [5.41, 5.74) is 19.7. The highest BCUT2D eigenvalue weighted by Gasteiger charge is 2.36. The van der Waals surface area contributed by atoms with E-state index in [1.807, 2.05) is 23.5 Å². The van der Waals surface area contributed by atoms with Crippen LogP contribution < -0.4 is 9.80 Å². The Bertz CT molecular complexity index is 3820. The number of nitrogens with zero attached hydrogens (tertiary/aromatic N) is 2. The molecule has 326 valence electrons. The van der Waals surface area contributed by atoms with Crippen molar-refractivity contribution in [3.63, 3.8) is 0 Å². The van der Waals surface area contributed by atoms with Crippen LogP contribution in [0.25, 0.3) is 66.1 Å². The monoisotopic (exact) mass is 916 g/mol. The van der Waals surface area contributed by atoms with E-state index in [2.05, 4.69) is 254 Å². The zero-order chi connectivity index (χ0) is 45.8. The van der Waals surface area contributed by atoms with Crippen LogP contribution in [-0.2, 0) is 5.41 Å². The Hall–Kier alpha value is -7.76. The molecule has 0 saturated heterocycles. The molecule has 2 aliphatic heterocycles. The number of fused-ring (bicyclic) bond motifs is 9. The highest BCUT2D eigenvalue weighted by Crippen LogP contribution is 2.56. The SMILES string of the molecule is CC1(C)c2ccccc2-c2ccc(-c3ccccc3-c3c4ccc(N5c6ccccc6Sc6ccccc65)cc4c(-c4ccccc4)c4ccc(N5c6ccccc6Sc6ccccc65)cc34)cc21. The van der Waals surface area contributed by atoms with Gasteiger partial charge in [0, 0.05) is 36.4 Å². The van der Waals surface area contributed by atoms with Crippen LogP contribution in [0.2, 0.25) is 0 Å². The Kier molecular flexibility index (Phi) is 9.14. The molecule has 2 nitrogen and oxygen atoms in total. The van der Waals surface area contributed by atoms with Crippen LogP contribution in [0.5, 0.6) is 0 Å². The van der Waals surface area contributed by atoms with Crippen molar-refractivity contribution < 1.29 is 0 Å². The van der Waals surface area contributed by atoms with Crippen LogP contribution in [0.4, 0.5) is 34.1 Å². The highest BCUT2D eigenvalue weighted by molar-refractivity contribution is 8.00. The van der Waals surface area contributed by atoms with Gasteiger partial charge in [0.1, 0.15) is 0 Å². The van der Waals surface area contributed by atoms with Crippen molar-refractivity contribution in [1.29, 1.82) is 0 Å². The summed E-state index contributed by atoms with van der Waals surface area (Å²) >= 11 is 3.69. The molecule has 11 aromatic rings. The normalized spacial score (nSPS) is 13.9. The van der Waals surface area contributed by atoms with Gasteiger partial charge in [0.15, 0.2) is 0 Å². The third kappa shape index (κ3) is 6.22. The first-order valence-electron chi connectivity index (χ1n) is 23.7. The van der Waals surface area contributed by atoms with E-state index in [4.69, 9.17) is 0 Å². The first kappa shape index (κ1) is 40.3. The van der Waals surface area contributed by atoms with E-state index in [0.717, 1.165) is 11.4 Å². The van der Waals surface area contributed by atoms with Gasteiger partial charge in [0.2, 0.25) is 0 Å². The van der Waals surface area contributed by atoms with Gasteiger partial charge in [-0.05, 0) is 156 Å². The Labute approximate surface area is 411 Å². The quantitative estimate of drug-likeness (QED) is 0.159. The molecule has 14 rings (SSSR count). The van der Waals surface area contributed by atoms with Crippen LogP contribution in [0.15, 0.2) is 250 Å². The molecular weight excluding hydrogens is 873 g/mol. The average molecular weight is 917 g/mol. The lowest BCUT2D eigenvalue weighted by atomic mass is 9.80. The number of para-hydroxylation sites is 4. The van der Waals surface area contributed by atoms with E-state index in [1.54, 1.807) is 0 Å². The number of benzene rings is 11. The third-order valence-electron chi connectivity index (χ3n) is 14.6. The Morgan fingerprint density at radius 2 is 0.739 bits per heavy atom. The zero-order valence-corrected chi connectivity index (χ0v) is 39.8. The summed E-state index contributed by atoms with van der Waals surface area (Å²) in [4.78, 5) is 9.93. The standard InChI is InChI=1S/C65H44N2S2/c1-65(2)53-23-9-8-21-46(53)47-35-32-42(38-54(47)65)45-20-6-7-22-48(45)64-50-37-34-43(66-55-24-10-14-28-59(55)68-60-29-15-11-25-56(60)66)39-51(50)63(41-18-4-3-5-19-41)49-36-33-44(40-52(49)64)67-57-26-12-16-30-61(57)69-62-31-17-13-27-58(62)67/h3-40H,1-2H3. The van der Waals surface area contributed by atoms with Gasteiger partial charge in [-0.25, -0.2) is 0 Å². The maximum atomic E-state index is 2.48. The molecule has 69 heavy (non-hydrogen) atoms. The van der Waals surface area contributed by atoms with Crippen LogP contribution in [0.1, 0.15) is 25.0 Å². The first-order valence-corrected chi connectivity index (χ1v) is 25.4. The summed E-state index contributed by atoms with van der Waals surface area (Å²) < 4.78 is 0. The molecule has 0 N–H and O–H groups in total. The Morgan fingerprint density at radius 3 is 1.30 bits per heavy atom. The molecule has 0 radical (unpaired) electrons. The largest absolute Gasteiger partial charge is 0.308 e. The molecule has 1 aliphatic carbocycles. The lowest BCUT2D eigenvalue weighted by molar-refractivity contribution is 0.660. The molecule has 0 amide bonds. The summed E-state index contributed by atoms with van der Waals surface area (Å²) in [6, 6.07) is 86.0. The van der Waals surface area contributed by atoms with Gasteiger partial charge in [0.05, 0.1) is 22.7 Å². The molecular formula is C65H44N2S2. The summed E-state index contributed by atoms with van der Waals surface area (Å²) in [7, 11) is 0. The van der Waals surface area contributed by atoms with Crippen LogP contribution in [0, 0.1) is 0 Å². The van der Waals surface area contributed by atoms with Crippen molar-refractivity contribution in [3.05, 3.63) is 242 Å². The lowest BCUT2D eigenvalue weighted by Crippen LogP contribution is -2.15. The van der Waals surface area contributed by atoms with Crippen LogP contribution in [0.3, 0.4) is 0 Å². The van der Waals surface area contributed by atoms with Gasteiger partial charge in [-0.1, -0.05) is 189 Å². The molecule has 0 spiro atoms. The minimum atomic E-state index is -0.123. The van der Waals surface area contributed by atoms with Crippen molar-refractivity contribution in [3.8, 4) is 44.5 Å². The Balaban J connectivity index is 1.08. The molecule has 3 aliphatic rings. The van der Waals surface area contributed by atoms with Crippen molar-refractivity contribution in [2.75, 3.05) is 9.80 Å². The lowest BCUT2D eigenvalue weighted by Gasteiger charge is -2.34. The smallest absolute Gasteiger partial charge is 0.0601 e. The molecule has 11 aromatic carbocycles. The zero-order valence-electron chi connectivity index (χ0n) is 38.2. The van der Waals surface area contributed by atoms with E-state index >= 15 is 0 Å². The summed E-state index contributed by atoms with van der Waals surface area (Å²) in [5.74, 6) is 0. The highest BCUT2D eigenvalue weighted by atomic mass is 32.2. The van der Waals surface area contributed by atoms with E-state index < -0.39 is 0 Å². The van der Waals surface area contributed by atoms with Gasteiger partial charge >= 0.3 is 0 Å². The maximum Gasteiger partial charge on any atom is 0.0601 e. The van der Waals surface area contributed by atoms with Crippen LogP contribution in [-0.4, -0.2) is 0 Å². The number of hydrogen-bond donors (Lipinski definition) is 0. The fourth-order valence-electron chi connectivity index (χ4n) is 11.5. The molecule has 4 heteroatoms. The summed E-state index contributed by atoms with van der Waals surface area (Å²) in [6.45, 7) is 4.76. The van der Waals surface area contributed by atoms with Crippen molar-refractivity contribution in [1.82, 2.24) is 0 Å². The molecule has 0 bridgehead atoms. The van der Waals surface area contributed by atoms with Crippen LogP contribution >= 0.6 is 23.5 Å². The van der Waals surface area contributed by atoms with E-state index in [0.29, 0.717) is 0 Å². The summed E-state index contributed by atoms with van der Waals surface area (Å²) in [5, 5.41) is 4.86. The fourth-order valence-corrected chi connectivity index (χ4v) is 13.6. The van der Waals surface area contributed by atoms with E-state index in [-0.39, 0.29) is 5.41 Å². The molecule has 0 aromatic heterocycles. The molecule has 0 fully saturated rings. The van der Waals surface area contributed by atoms with Crippen molar-refractivity contribution in [2.24, 2.45) is 0 Å². The first-order chi connectivity index (χ1) is 34.0. The fraction of sp³-hybridized carbons (Fsp3) is 0.0462. The predicted molar refractivity (Wildman–Crippen MR) is 293 cm³/mol. The minimum Gasteiger partial charge on any atom is -0.308 e. The second kappa shape index (κ2) is 15.6. The average Bonchev–Trinajstić information content (AvgIpc) is 3.63. The van der Waals surface area contributed by atoms with Crippen molar-refractivity contribution >= 4 is 79.2 Å². The van der Waals surface area contributed by atoms with E-state index in [9.17, 15) is 0 Å². The molecule has 0 unspecified atom stereocenters. The molecule has 0 atom stereocenters. The second-order valence-corrected chi connectivity index (χ2v) is 21.0. The Morgan fingerprint density at radius 1 is 0.304 bits per heavy atom. The van der Waals surface area contributed by atoms with Gasteiger partial charge in [0.25, 0.3) is 0 Å². The van der Waals surface area contributed by atoms with Gasteiger partial charge in [-0.15, -0.1) is 0 Å². The third-order valence-corrected chi connectivity index (χ3v) is 16.9. The van der Waals surface area contributed by atoms with Gasteiger partial charge in [-0.2, -0.15) is 0 Å². The second-order valence-electron chi connectivity index (χ2n) is 18.8. The number of hydrogen-bond acceptors (Lipinski definition) is 4. The predicted octanol–water partition coefficient (Wildman–Crippen LogP) is 19.2. The van der Waals surface area contributed by atoms with Gasteiger partial charge in [-0.3, -0.25) is 0 Å². The van der Waals surface area contributed by atoms with E-state index in [1.165, 1.54) is 120 Å². The number of rotatable bonds is 5. The molecule has 0 saturated carbocycles. The maximum absolute atomic E-state index is 2.48. The number of anilines is 6. The molecule has 2 heterocycles. The summed E-state index contributed by atoms with van der Waals surface area (Å²) in [6.07, 6.45) is 0. The van der Waals surface area contributed by atoms with Crippen molar-refractivity contribution in [2.45, 2.75) is 38.8 Å². The minimum absolute atomic E-state index is 0.123. The van der Waals surface area contributed by atoms with Gasteiger partial charge < -0.3 is 9.80 Å².